The van der Waals surface area contributed by atoms with E-state index in [4.69, 9.17) is 27.0 Å². The maximum Gasteiger partial charge on any atom is 0.319 e. The van der Waals surface area contributed by atoms with Crippen LogP contribution in [0.2, 0.25) is 5.02 Å². The summed E-state index contributed by atoms with van der Waals surface area (Å²) in [6.07, 6.45) is 1.07. The average Bonchev–Trinajstić information content (AvgIpc) is 3.00. The first-order valence-electron chi connectivity index (χ1n) is 6.58. The number of nitriles is 1. The predicted octanol–water partition coefficient (Wildman–Crippen LogP) is 2.61. The number of primary amides is 1. The molecule has 0 aliphatic rings. The third kappa shape index (κ3) is 4.21. The maximum atomic E-state index is 11.6. The molecular weight excluding hydrogens is 352 g/mol. The molecule has 0 aliphatic carbocycles. The second-order valence-electron chi connectivity index (χ2n) is 4.61. The number of amides is 3. The summed E-state index contributed by atoms with van der Waals surface area (Å²) >= 11 is 5.75. The molecule has 3 N–H and O–H groups in total. The standard InChI is InChI=1S/C15H9ClN4O5/c16-9-1-3-11(12(6-9)20(23)24)13-4-2-10(25-13)5-8(7-17)14(21)19-15(18)22/h1-6H,(H3,18,19,21,22)/b8-5-. The van der Waals surface area contributed by atoms with Gasteiger partial charge < -0.3 is 10.2 Å². The van der Waals surface area contributed by atoms with Crippen molar-refractivity contribution in [3.05, 3.63) is 56.8 Å². The zero-order valence-electron chi connectivity index (χ0n) is 12.4. The van der Waals surface area contributed by atoms with E-state index >= 15 is 0 Å². The van der Waals surface area contributed by atoms with Gasteiger partial charge in [0.15, 0.2) is 0 Å². The fourth-order valence-corrected chi connectivity index (χ4v) is 2.08. The summed E-state index contributed by atoms with van der Waals surface area (Å²) in [7, 11) is 0. The molecule has 10 heteroatoms. The van der Waals surface area contributed by atoms with E-state index in [9.17, 15) is 19.7 Å². The first-order chi connectivity index (χ1) is 11.8. The first-order valence-corrected chi connectivity index (χ1v) is 6.96. The molecule has 1 aromatic heterocycles. The van der Waals surface area contributed by atoms with Crippen molar-refractivity contribution in [2.24, 2.45) is 5.73 Å². The predicted molar refractivity (Wildman–Crippen MR) is 87.1 cm³/mol. The van der Waals surface area contributed by atoms with Crippen molar-refractivity contribution in [3.8, 4) is 17.4 Å². The number of nitro benzene ring substituents is 1. The van der Waals surface area contributed by atoms with Gasteiger partial charge in [-0.25, -0.2) is 4.79 Å². The van der Waals surface area contributed by atoms with Crippen LogP contribution < -0.4 is 11.1 Å². The van der Waals surface area contributed by atoms with E-state index in [1.807, 2.05) is 0 Å². The van der Waals surface area contributed by atoms with Crippen LogP contribution in [0.5, 0.6) is 0 Å². The molecule has 3 amide bonds. The summed E-state index contributed by atoms with van der Waals surface area (Å²) in [5, 5.41) is 22.0. The lowest BCUT2D eigenvalue weighted by molar-refractivity contribution is -0.384. The molecule has 0 bridgehead atoms. The second kappa shape index (κ2) is 7.29. The highest BCUT2D eigenvalue weighted by atomic mass is 35.5. The molecule has 1 aromatic carbocycles. The van der Waals surface area contributed by atoms with E-state index in [-0.39, 0.29) is 27.8 Å². The van der Waals surface area contributed by atoms with Gasteiger partial charge in [-0.1, -0.05) is 11.6 Å². The number of hydrogen-bond donors (Lipinski definition) is 2. The number of imide groups is 1. The van der Waals surface area contributed by atoms with Gasteiger partial charge in [0.2, 0.25) is 0 Å². The van der Waals surface area contributed by atoms with E-state index in [0.717, 1.165) is 6.08 Å². The minimum Gasteiger partial charge on any atom is -0.456 e. The van der Waals surface area contributed by atoms with Gasteiger partial charge in [0, 0.05) is 17.2 Å². The molecule has 0 fully saturated rings. The Bertz CT molecular complexity index is 942. The van der Waals surface area contributed by atoms with Gasteiger partial charge in [-0.05, 0) is 24.3 Å². The number of carbonyl (C=O) groups excluding carboxylic acids is 2. The van der Waals surface area contributed by atoms with Crippen LogP contribution in [-0.4, -0.2) is 16.9 Å². The third-order valence-electron chi connectivity index (χ3n) is 2.94. The Hall–Kier alpha value is -3.64. The zero-order valence-corrected chi connectivity index (χ0v) is 13.1. The molecule has 2 rings (SSSR count). The molecule has 0 unspecified atom stereocenters. The average molecular weight is 361 g/mol. The van der Waals surface area contributed by atoms with Gasteiger partial charge in [0.25, 0.3) is 11.6 Å². The van der Waals surface area contributed by atoms with Gasteiger partial charge in [0.05, 0.1) is 10.5 Å². The van der Waals surface area contributed by atoms with Crippen molar-refractivity contribution in [2.75, 3.05) is 0 Å². The number of furan rings is 1. The summed E-state index contributed by atoms with van der Waals surface area (Å²) in [5.74, 6) is -0.775. The lowest BCUT2D eigenvalue weighted by atomic mass is 10.1. The van der Waals surface area contributed by atoms with Crippen LogP contribution in [-0.2, 0) is 4.79 Å². The lowest BCUT2D eigenvalue weighted by Gasteiger charge is -2.00. The van der Waals surface area contributed by atoms with Crippen molar-refractivity contribution in [1.29, 1.82) is 5.26 Å². The number of hydrogen-bond acceptors (Lipinski definition) is 6. The summed E-state index contributed by atoms with van der Waals surface area (Å²) < 4.78 is 5.42. The van der Waals surface area contributed by atoms with E-state index in [2.05, 4.69) is 0 Å². The van der Waals surface area contributed by atoms with Crippen LogP contribution in [0.4, 0.5) is 10.5 Å². The molecule has 9 nitrogen and oxygen atoms in total. The number of rotatable bonds is 4. The zero-order chi connectivity index (χ0) is 18.6. The number of urea groups is 1. The summed E-state index contributed by atoms with van der Waals surface area (Å²) in [6.45, 7) is 0. The van der Waals surface area contributed by atoms with E-state index < -0.39 is 22.4 Å². The highest BCUT2D eigenvalue weighted by Gasteiger charge is 2.19. The highest BCUT2D eigenvalue weighted by molar-refractivity contribution is 6.30. The fourth-order valence-electron chi connectivity index (χ4n) is 1.91. The Labute approximate surface area is 145 Å². The minimum absolute atomic E-state index is 0.0791. The summed E-state index contributed by atoms with van der Waals surface area (Å²) in [6, 6.07) is 7.38. The molecule has 0 spiro atoms. The van der Waals surface area contributed by atoms with Crippen molar-refractivity contribution in [1.82, 2.24) is 5.32 Å². The van der Waals surface area contributed by atoms with Crippen molar-refractivity contribution < 1.29 is 18.9 Å². The smallest absolute Gasteiger partial charge is 0.319 e. The molecule has 0 radical (unpaired) electrons. The van der Waals surface area contributed by atoms with Crippen molar-refractivity contribution >= 4 is 35.3 Å². The number of benzene rings is 1. The van der Waals surface area contributed by atoms with Gasteiger partial charge >= 0.3 is 6.03 Å². The topological polar surface area (TPSA) is 152 Å². The lowest BCUT2D eigenvalue weighted by Crippen LogP contribution is -2.35. The molecule has 2 aromatic rings. The fraction of sp³-hybridized carbons (Fsp3) is 0. The molecule has 0 saturated carbocycles. The SMILES string of the molecule is N#C/C(=C/c1ccc(-c2ccc(Cl)cc2[N+](=O)[O-])o1)C(=O)NC(N)=O. The monoisotopic (exact) mass is 360 g/mol. The number of nitro groups is 1. The Kier molecular flexibility index (Phi) is 5.16. The summed E-state index contributed by atoms with van der Waals surface area (Å²) in [5.41, 5.74) is 4.30. The van der Waals surface area contributed by atoms with Crippen LogP contribution in [0.3, 0.4) is 0 Å². The molecule has 0 saturated heterocycles. The Balaban J connectivity index is 2.39. The van der Waals surface area contributed by atoms with Crippen molar-refractivity contribution in [3.63, 3.8) is 0 Å². The second-order valence-corrected chi connectivity index (χ2v) is 5.05. The largest absolute Gasteiger partial charge is 0.456 e. The third-order valence-corrected chi connectivity index (χ3v) is 3.17. The molecule has 25 heavy (non-hydrogen) atoms. The van der Waals surface area contributed by atoms with E-state index in [1.165, 1.54) is 30.3 Å². The Morgan fingerprint density at radius 2 is 2.08 bits per heavy atom. The highest BCUT2D eigenvalue weighted by Crippen LogP contribution is 2.33. The number of nitrogens with one attached hydrogen (secondary N) is 1. The quantitative estimate of drug-likeness (QED) is 0.370. The van der Waals surface area contributed by atoms with Crippen LogP contribution >= 0.6 is 11.6 Å². The van der Waals surface area contributed by atoms with Crippen LogP contribution in [0.25, 0.3) is 17.4 Å². The van der Waals surface area contributed by atoms with E-state index in [1.54, 1.807) is 11.4 Å². The van der Waals surface area contributed by atoms with Crippen LogP contribution in [0, 0.1) is 21.4 Å². The number of carbonyl (C=O) groups is 2. The molecule has 0 aliphatic heterocycles. The first kappa shape index (κ1) is 17.7. The number of nitrogens with two attached hydrogens (primary N) is 1. The number of halogens is 1. The van der Waals surface area contributed by atoms with Gasteiger partial charge in [0.1, 0.15) is 23.2 Å². The molecular formula is C15H9ClN4O5. The van der Waals surface area contributed by atoms with Gasteiger partial charge in [-0.2, -0.15) is 5.26 Å². The Morgan fingerprint density at radius 1 is 1.36 bits per heavy atom. The van der Waals surface area contributed by atoms with Crippen molar-refractivity contribution in [2.45, 2.75) is 0 Å². The van der Waals surface area contributed by atoms with E-state index in [0.29, 0.717) is 0 Å². The maximum absolute atomic E-state index is 11.6. The molecule has 126 valence electrons. The Morgan fingerprint density at radius 3 is 2.68 bits per heavy atom. The molecule has 1 heterocycles. The normalized spacial score (nSPS) is 10.8. The molecule has 0 atom stereocenters. The van der Waals surface area contributed by atoms with Gasteiger partial charge in [-0.15, -0.1) is 0 Å². The van der Waals surface area contributed by atoms with Crippen LogP contribution in [0.1, 0.15) is 5.76 Å². The minimum atomic E-state index is -1.11. The van der Waals surface area contributed by atoms with Crippen LogP contribution in [0.15, 0.2) is 40.3 Å². The van der Waals surface area contributed by atoms with Gasteiger partial charge in [-0.3, -0.25) is 20.2 Å². The summed E-state index contributed by atoms with van der Waals surface area (Å²) in [4.78, 5) is 32.8. The number of nitrogens with zero attached hydrogens (tertiary/aromatic N) is 2.